The molecule has 1 aromatic heterocycles. The SMILES string of the molecule is CC(C)N(CCCBr)c1ncccn1. The molecule has 78 valence electrons. The Morgan fingerprint density at radius 3 is 2.50 bits per heavy atom. The van der Waals surface area contributed by atoms with Crippen molar-refractivity contribution >= 4 is 21.9 Å². The second kappa shape index (κ2) is 5.96. The molecule has 1 heterocycles. The minimum atomic E-state index is 0.441. The monoisotopic (exact) mass is 257 g/mol. The highest BCUT2D eigenvalue weighted by molar-refractivity contribution is 9.09. The van der Waals surface area contributed by atoms with Gasteiger partial charge in [0.05, 0.1) is 0 Å². The van der Waals surface area contributed by atoms with E-state index in [0.717, 1.165) is 24.2 Å². The lowest BCUT2D eigenvalue weighted by molar-refractivity contribution is 0.654. The first kappa shape index (κ1) is 11.4. The van der Waals surface area contributed by atoms with Crippen LogP contribution in [0.3, 0.4) is 0 Å². The third-order valence-electron chi connectivity index (χ3n) is 1.97. The predicted molar refractivity (Wildman–Crippen MR) is 62.9 cm³/mol. The maximum Gasteiger partial charge on any atom is 0.225 e. The van der Waals surface area contributed by atoms with Gasteiger partial charge in [0.15, 0.2) is 0 Å². The van der Waals surface area contributed by atoms with Crippen molar-refractivity contribution in [3.05, 3.63) is 18.5 Å². The quantitative estimate of drug-likeness (QED) is 0.760. The molecule has 14 heavy (non-hydrogen) atoms. The first-order valence-corrected chi connectivity index (χ1v) is 5.97. The zero-order valence-corrected chi connectivity index (χ0v) is 10.2. The first-order chi connectivity index (χ1) is 6.75. The van der Waals surface area contributed by atoms with E-state index in [-0.39, 0.29) is 0 Å². The van der Waals surface area contributed by atoms with Crippen molar-refractivity contribution < 1.29 is 0 Å². The number of anilines is 1. The number of rotatable bonds is 5. The van der Waals surface area contributed by atoms with Gasteiger partial charge in [0.25, 0.3) is 0 Å². The number of nitrogens with zero attached hydrogens (tertiary/aromatic N) is 3. The molecule has 0 aliphatic heterocycles. The van der Waals surface area contributed by atoms with Crippen molar-refractivity contribution in [2.24, 2.45) is 0 Å². The first-order valence-electron chi connectivity index (χ1n) is 4.85. The molecule has 1 aromatic rings. The Morgan fingerprint density at radius 2 is 2.00 bits per heavy atom. The Bertz CT molecular complexity index is 251. The van der Waals surface area contributed by atoms with Crippen LogP contribution < -0.4 is 4.90 Å². The van der Waals surface area contributed by atoms with Crippen molar-refractivity contribution in [2.75, 3.05) is 16.8 Å². The maximum absolute atomic E-state index is 4.25. The van der Waals surface area contributed by atoms with Crippen LogP contribution in [0.2, 0.25) is 0 Å². The molecule has 0 fully saturated rings. The Balaban J connectivity index is 2.68. The number of hydrogen-bond acceptors (Lipinski definition) is 3. The van der Waals surface area contributed by atoms with Gasteiger partial charge >= 0.3 is 0 Å². The molecule has 3 nitrogen and oxygen atoms in total. The van der Waals surface area contributed by atoms with Gasteiger partial charge in [0.1, 0.15) is 0 Å². The van der Waals surface area contributed by atoms with E-state index in [1.807, 2.05) is 6.07 Å². The van der Waals surface area contributed by atoms with E-state index in [0.29, 0.717) is 6.04 Å². The van der Waals surface area contributed by atoms with Gasteiger partial charge in [-0.25, -0.2) is 9.97 Å². The second-order valence-corrected chi connectivity index (χ2v) is 4.17. The molecule has 0 N–H and O–H groups in total. The molecule has 0 radical (unpaired) electrons. The van der Waals surface area contributed by atoms with Crippen molar-refractivity contribution in [2.45, 2.75) is 26.3 Å². The number of aromatic nitrogens is 2. The lowest BCUT2D eigenvalue weighted by Crippen LogP contribution is -2.33. The fourth-order valence-corrected chi connectivity index (χ4v) is 1.51. The molecule has 0 unspecified atom stereocenters. The molecule has 4 heteroatoms. The summed E-state index contributed by atoms with van der Waals surface area (Å²) in [4.78, 5) is 10.7. The van der Waals surface area contributed by atoms with Crippen LogP contribution in [-0.4, -0.2) is 27.9 Å². The van der Waals surface area contributed by atoms with Crippen molar-refractivity contribution in [3.63, 3.8) is 0 Å². The number of hydrogen-bond donors (Lipinski definition) is 0. The standard InChI is InChI=1S/C10H16BrN3/c1-9(2)14(8-3-5-11)10-12-6-4-7-13-10/h4,6-7,9H,3,5,8H2,1-2H3. The summed E-state index contributed by atoms with van der Waals surface area (Å²) in [6, 6.07) is 2.28. The summed E-state index contributed by atoms with van der Waals surface area (Å²) in [5.74, 6) is 0.823. The minimum absolute atomic E-state index is 0.441. The zero-order chi connectivity index (χ0) is 10.4. The highest BCUT2D eigenvalue weighted by Gasteiger charge is 2.11. The van der Waals surface area contributed by atoms with E-state index >= 15 is 0 Å². The fourth-order valence-electron chi connectivity index (χ4n) is 1.26. The molecule has 0 aliphatic carbocycles. The third-order valence-corrected chi connectivity index (χ3v) is 2.53. The second-order valence-electron chi connectivity index (χ2n) is 3.38. The van der Waals surface area contributed by atoms with Crippen LogP contribution in [0.15, 0.2) is 18.5 Å². The number of halogens is 1. The smallest absolute Gasteiger partial charge is 0.225 e. The third kappa shape index (κ3) is 3.25. The van der Waals surface area contributed by atoms with Crippen molar-refractivity contribution in [1.29, 1.82) is 0 Å². The highest BCUT2D eigenvalue weighted by atomic mass is 79.9. The van der Waals surface area contributed by atoms with E-state index in [1.54, 1.807) is 12.4 Å². The highest BCUT2D eigenvalue weighted by Crippen LogP contribution is 2.10. The Labute approximate surface area is 93.7 Å². The predicted octanol–water partition coefficient (Wildman–Crippen LogP) is 2.48. The molecule has 0 bridgehead atoms. The van der Waals surface area contributed by atoms with Crippen LogP contribution in [0.25, 0.3) is 0 Å². The molecule has 0 amide bonds. The van der Waals surface area contributed by atoms with Crippen molar-refractivity contribution in [1.82, 2.24) is 9.97 Å². The van der Waals surface area contributed by atoms with Crippen LogP contribution in [0.1, 0.15) is 20.3 Å². The summed E-state index contributed by atoms with van der Waals surface area (Å²) < 4.78 is 0. The Kier molecular flexibility index (Phi) is 4.87. The Morgan fingerprint density at radius 1 is 1.36 bits per heavy atom. The topological polar surface area (TPSA) is 29.0 Å². The average Bonchev–Trinajstić information content (AvgIpc) is 2.19. The normalized spacial score (nSPS) is 10.6. The van der Waals surface area contributed by atoms with E-state index in [9.17, 15) is 0 Å². The van der Waals surface area contributed by atoms with E-state index in [1.165, 1.54) is 0 Å². The fraction of sp³-hybridized carbons (Fsp3) is 0.600. The van der Waals surface area contributed by atoms with Crippen LogP contribution in [-0.2, 0) is 0 Å². The summed E-state index contributed by atoms with van der Waals surface area (Å²) >= 11 is 3.43. The summed E-state index contributed by atoms with van der Waals surface area (Å²) in [5, 5.41) is 1.02. The molecule has 0 spiro atoms. The lowest BCUT2D eigenvalue weighted by atomic mass is 10.3. The van der Waals surface area contributed by atoms with Crippen LogP contribution in [0.4, 0.5) is 5.95 Å². The molecule has 0 saturated carbocycles. The zero-order valence-electron chi connectivity index (χ0n) is 8.65. The van der Waals surface area contributed by atoms with Gasteiger partial charge in [0, 0.05) is 30.3 Å². The largest absolute Gasteiger partial charge is 0.338 e. The van der Waals surface area contributed by atoms with Crippen LogP contribution >= 0.6 is 15.9 Å². The molecule has 0 saturated heterocycles. The van der Waals surface area contributed by atoms with Gasteiger partial charge in [-0.2, -0.15) is 0 Å². The van der Waals surface area contributed by atoms with Gasteiger partial charge in [0.2, 0.25) is 5.95 Å². The number of alkyl halides is 1. The average molecular weight is 258 g/mol. The molecule has 0 aliphatic rings. The molecular weight excluding hydrogens is 242 g/mol. The molecule has 1 rings (SSSR count). The molecule has 0 atom stereocenters. The van der Waals surface area contributed by atoms with Crippen LogP contribution in [0, 0.1) is 0 Å². The maximum atomic E-state index is 4.25. The summed E-state index contributed by atoms with van der Waals surface area (Å²) in [7, 11) is 0. The van der Waals surface area contributed by atoms with E-state index < -0.39 is 0 Å². The van der Waals surface area contributed by atoms with Crippen LogP contribution in [0.5, 0.6) is 0 Å². The van der Waals surface area contributed by atoms with E-state index in [4.69, 9.17) is 0 Å². The van der Waals surface area contributed by atoms with Gasteiger partial charge in [-0.05, 0) is 26.3 Å². The Hall–Kier alpha value is -0.640. The summed E-state index contributed by atoms with van der Waals surface area (Å²) in [5.41, 5.74) is 0. The van der Waals surface area contributed by atoms with Gasteiger partial charge in [-0.1, -0.05) is 15.9 Å². The molecule has 0 aromatic carbocycles. The summed E-state index contributed by atoms with van der Waals surface area (Å²) in [6.45, 7) is 5.31. The minimum Gasteiger partial charge on any atom is -0.338 e. The van der Waals surface area contributed by atoms with Gasteiger partial charge in [-0.15, -0.1) is 0 Å². The van der Waals surface area contributed by atoms with Crippen molar-refractivity contribution in [3.8, 4) is 0 Å². The van der Waals surface area contributed by atoms with Gasteiger partial charge < -0.3 is 4.90 Å². The summed E-state index contributed by atoms with van der Waals surface area (Å²) in [6.07, 6.45) is 4.67. The lowest BCUT2D eigenvalue weighted by Gasteiger charge is -2.26. The van der Waals surface area contributed by atoms with Gasteiger partial charge in [-0.3, -0.25) is 0 Å². The molecular formula is C10H16BrN3. The van der Waals surface area contributed by atoms with E-state index in [2.05, 4.69) is 44.6 Å².